The molecule has 1 atom stereocenters. The number of hydrogen-bond donors (Lipinski definition) is 0. The molecule has 0 saturated heterocycles. The van der Waals surface area contributed by atoms with E-state index in [9.17, 15) is 5.26 Å². The Morgan fingerprint density at radius 2 is 1.91 bits per heavy atom. The fourth-order valence-electron chi connectivity index (χ4n) is 4.72. The van der Waals surface area contributed by atoms with Gasteiger partial charge in [-0.3, -0.25) is 4.68 Å². The summed E-state index contributed by atoms with van der Waals surface area (Å²) in [5.74, 6) is 0.813. The van der Waals surface area contributed by atoms with Gasteiger partial charge in [0.25, 0.3) is 0 Å². The molecule has 0 spiro atoms. The molecular formula is C28H23N5O. The Hall–Kier alpha value is -4.37. The molecule has 6 nitrogen and oxygen atoms in total. The summed E-state index contributed by atoms with van der Waals surface area (Å²) >= 11 is 0. The zero-order valence-corrected chi connectivity index (χ0v) is 18.6. The van der Waals surface area contributed by atoms with E-state index in [2.05, 4.69) is 34.5 Å². The first-order chi connectivity index (χ1) is 16.8. The Bertz CT molecular complexity index is 1510. The van der Waals surface area contributed by atoms with Crippen molar-refractivity contribution in [1.82, 2.24) is 19.6 Å². The van der Waals surface area contributed by atoms with Gasteiger partial charge in [0.2, 0.25) is 0 Å². The minimum absolute atomic E-state index is 0.0149. The molecule has 0 amide bonds. The predicted molar refractivity (Wildman–Crippen MR) is 130 cm³/mol. The molecule has 6 rings (SSSR count). The largest absolute Gasteiger partial charge is 0.486 e. The van der Waals surface area contributed by atoms with Crippen LogP contribution in [-0.2, 0) is 13.0 Å². The summed E-state index contributed by atoms with van der Waals surface area (Å²) < 4.78 is 10.3. The number of nitrogens with zero attached hydrogens (tertiary/aromatic N) is 5. The van der Waals surface area contributed by atoms with Crippen LogP contribution in [-0.4, -0.2) is 19.6 Å². The summed E-state index contributed by atoms with van der Waals surface area (Å²) in [7, 11) is 0. The van der Waals surface area contributed by atoms with Gasteiger partial charge in [0.05, 0.1) is 42.3 Å². The van der Waals surface area contributed by atoms with Crippen LogP contribution in [0.15, 0.2) is 85.3 Å². The van der Waals surface area contributed by atoms with Crippen molar-refractivity contribution in [2.24, 2.45) is 0 Å². The van der Waals surface area contributed by atoms with Crippen LogP contribution in [0.1, 0.15) is 41.2 Å². The lowest BCUT2D eigenvalue weighted by atomic mass is 9.88. The topological polar surface area (TPSA) is 68.7 Å². The van der Waals surface area contributed by atoms with Gasteiger partial charge in [-0.05, 0) is 60.2 Å². The van der Waals surface area contributed by atoms with Gasteiger partial charge in [-0.25, -0.2) is 4.68 Å². The summed E-state index contributed by atoms with van der Waals surface area (Å²) in [4.78, 5) is 0. The predicted octanol–water partition coefficient (Wildman–Crippen LogP) is 5.60. The molecule has 5 aromatic rings. The highest BCUT2D eigenvalue weighted by molar-refractivity contribution is 5.81. The number of nitriles is 1. The van der Waals surface area contributed by atoms with Crippen LogP contribution in [0.4, 0.5) is 0 Å². The van der Waals surface area contributed by atoms with Crippen molar-refractivity contribution in [3.63, 3.8) is 0 Å². The smallest absolute Gasteiger partial charge is 0.124 e. The molecule has 0 saturated carbocycles. The molecule has 3 aromatic carbocycles. The fraction of sp³-hybridized carbons (Fsp3) is 0.179. The number of benzene rings is 3. The number of hydrogen-bond acceptors (Lipinski definition) is 4. The van der Waals surface area contributed by atoms with Crippen LogP contribution in [0.5, 0.6) is 5.75 Å². The Labute approximate surface area is 197 Å². The molecule has 1 aliphatic carbocycles. The minimum atomic E-state index is -0.0149. The molecule has 0 N–H and O–H groups in total. The van der Waals surface area contributed by atoms with Gasteiger partial charge < -0.3 is 4.74 Å². The fourth-order valence-corrected chi connectivity index (χ4v) is 4.72. The maximum atomic E-state index is 9.22. The van der Waals surface area contributed by atoms with Crippen LogP contribution < -0.4 is 4.74 Å². The first-order valence-electron chi connectivity index (χ1n) is 11.5. The number of aryl methyl sites for hydroxylation is 1. The van der Waals surface area contributed by atoms with E-state index in [1.165, 1.54) is 16.7 Å². The van der Waals surface area contributed by atoms with Crippen LogP contribution in [0.25, 0.3) is 16.6 Å². The molecule has 0 aliphatic heterocycles. The van der Waals surface area contributed by atoms with Gasteiger partial charge in [0, 0.05) is 11.5 Å². The normalized spacial score (nSPS) is 15.1. The SMILES string of the molecule is N#Cc1ccc2c(c1)CCCC2Oc1ccc2cnn(-c3cnn(Cc4ccccc4)c3)c2c1. The Kier molecular flexibility index (Phi) is 5.08. The van der Waals surface area contributed by atoms with E-state index in [4.69, 9.17) is 4.74 Å². The Morgan fingerprint density at radius 3 is 2.79 bits per heavy atom. The molecule has 34 heavy (non-hydrogen) atoms. The third-order valence-corrected chi connectivity index (χ3v) is 6.40. The van der Waals surface area contributed by atoms with Gasteiger partial charge in [-0.2, -0.15) is 15.5 Å². The number of rotatable bonds is 5. The summed E-state index contributed by atoms with van der Waals surface area (Å²) in [6.45, 7) is 0.711. The summed E-state index contributed by atoms with van der Waals surface area (Å²) in [6, 6.07) is 24.5. The van der Waals surface area contributed by atoms with E-state index >= 15 is 0 Å². The summed E-state index contributed by atoms with van der Waals surface area (Å²) in [5, 5.41) is 19.4. The summed E-state index contributed by atoms with van der Waals surface area (Å²) in [6.07, 6.45) is 8.70. The minimum Gasteiger partial charge on any atom is -0.486 e. The van der Waals surface area contributed by atoms with Gasteiger partial charge in [-0.1, -0.05) is 36.4 Å². The molecule has 166 valence electrons. The van der Waals surface area contributed by atoms with Crippen molar-refractivity contribution in [2.45, 2.75) is 31.9 Å². The van der Waals surface area contributed by atoms with Gasteiger partial charge >= 0.3 is 0 Å². The average Bonchev–Trinajstić information content (AvgIpc) is 3.51. The number of fused-ring (bicyclic) bond motifs is 2. The first kappa shape index (κ1) is 20.3. The van der Waals surface area contributed by atoms with E-state index in [0.29, 0.717) is 12.1 Å². The van der Waals surface area contributed by atoms with Gasteiger partial charge in [0.15, 0.2) is 0 Å². The standard InChI is InChI=1S/C28H23N5O/c29-15-21-9-12-26-22(13-21)7-4-8-28(26)34-25-11-10-23-16-31-33(27(23)14-25)24-17-30-32(19-24)18-20-5-2-1-3-6-20/h1-3,5-6,9-14,16-17,19,28H,4,7-8,18H2. The van der Waals surface area contributed by atoms with E-state index in [1.54, 1.807) is 0 Å². The van der Waals surface area contributed by atoms with E-state index in [1.807, 2.05) is 76.5 Å². The van der Waals surface area contributed by atoms with Crippen molar-refractivity contribution in [1.29, 1.82) is 5.26 Å². The Morgan fingerprint density at radius 1 is 1.00 bits per heavy atom. The second-order valence-electron chi connectivity index (χ2n) is 8.68. The van der Waals surface area contributed by atoms with Crippen LogP contribution in [0, 0.1) is 11.3 Å². The highest BCUT2D eigenvalue weighted by atomic mass is 16.5. The van der Waals surface area contributed by atoms with E-state index in [0.717, 1.165) is 41.6 Å². The second-order valence-corrected chi connectivity index (χ2v) is 8.68. The quantitative estimate of drug-likeness (QED) is 0.353. The van der Waals surface area contributed by atoms with Crippen molar-refractivity contribution in [3.05, 3.63) is 108 Å². The van der Waals surface area contributed by atoms with E-state index < -0.39 is 0 Å². The molecule has 0 bridgehead atoms. The third-order valence-electron chi connectivity index (χ3n) is 6.40. The van der Waals surface area contributed by atoms with Crippen LogP contribution in [0.3, 0.4) is 0 Å². The molecule has 2 aromatic heterocycles. The highest BCUT2D eigenvalue weighted by Gasteiger charge is 2.22. The van der Waals surface area contributed by atoms with Crippen molar-refractivity contribution in [2.75, 3.05) is 0 Å². The zero-order chi connectivity index (χ0) is 22.9. The average molecular weight is 446 g/mol. The number of aromatic nitrogens is 4. The second kappa shape index (κ2) is 8.53. The molecule has 1 unspecified atom stereocenters. The van der Waals surface area contributed by atoms with Crippen LogP contribution in [0.2, 0.25) is 0 Å². The molecule has 6 heteroatoms. The first-order valence-corrected chi connectivity index (χ1v) is 11.5. The van der Waals surface area contributed by atoms with E-state index in [-0.39, 0.29) is 6.10 Å². The van der Waals surface area contributed by atoms with Crippen LogP contribution >= 0.6 is 0 Å². The number of ether oxygens (including phenoxy) is 1. The molecule has 0 radical (unpaired) electrons. The lowest BCUT2D eigenvalue weighted by Crippen LogP contribution is -2.15. The van der Waals surface area contributed by atoms with Crippen molar-refractivity contribution >= 4 is 10.9 Å². The molecule has 0 fully saturated rings. The lowest BCUT2D eigenvalue weighted by molar-refractivity contribution is 0.183. The van der Waals surface area contributed by atoms with Crippen molar-refractivity contribution < 1.29 is 4.74 Å². The Balaban J connectivity index is 1.28. The lowest BCUT2D eigenvalue weighted by Gasteiger charge is -2.26. The molecular weight excluding hydrogens is 422 g/mol. The van der Waals surface area contributed by atoms with Crippen molar-refractivity contribution in [3.8, 4) is 17.5 Å². The van der Waals surface area contributed by atoms with Gasteiger partial charge in [0.1, 0.15) is 17.5 Å². The highest BCUT2D eigenvalue weighted by Crippen LogP contribution is 2.35. The summed E-state index contributed by atoms with van der Waals surface area (Å²) in [5.41, 5.74) is 6.20. The molecule has 1 aliphatic rings. The maximum Gasteiger partial charge on any atom is 0.124 e. The maximum absolute atomic E-state index is 9.22. The molecule has 2 heterocycles. The zero-order valence-electron chi connectivity index (χ0n) is 18.6. The third kappa shape index (κ3) is 3.82. The monoisotopic (exact) mass is 445 g/mol. The van der Waals surface area contributed by atoms with Gasteiger partial charge in [-0.15, -0.1) is 0 Å².